The van der Waals surface area contributed by atoms with Crippen molar-refractivity contribution in [1.82, 2.24) is 25.4 Å². The SMILES string of the molecule is Cc1nnc2sc(C(=O)N3CC(NC(=O)c4ccncc4)C3)c(N)c2c1C. The Labute approximate surface area is 159 Å². The highest BCUT2D eigenvalue weighted by molar-refractivity contribution is 7.21. The van der Waals surface area contributed by atoms with E-state index in [4.69, 9.17) is 5.73 Å². The third kappa shape index (κ3) is 2.99. The summed E-state index contributed by atoms with van der Waals surface area (Å²) in [6, 6.07) is 3.23. The van der Waals surface area contributed by atoms with E-state index in [1.807, 2.05) is 13.8 Å². The van der Waals surface area contributed by atoms with Gasteiger partial charge in [0.25, 0.3) is 11.8 Å². The van der Waals surface area contributed by atoms with Gasteiger partial charge in [0.1, 0.15) is 9.71 Å². The number of aromatic nitrogens is 3. The number of carbonyl (C=O) groups excluding carboxylic acids is 2. The molecule has 1 saturated heterocycles. The van der Waals surface area contributed by atoms with E-state index in [2.05, 4.69) is 20.5 Å². The zero-order valence-corrected chi connectivity index (χ0v) is 15.7. The zero-order valence-electron chi connectivity index (χ0n) is 14.9. The van der Waals surface area contributed by atoms with Crippen molar-refractivity contribution < 1.29 is 9.59 Å². The molecule has 0 unspecified atom stereocenters. The molecule has 0 saturated carbocycles. The van der Waals surface area contributed by atoms with Gasteiger partial charge in [0.2, 0.25) is 0 Å². The van der Waals surface area contributed by atoms with Gasteiger partial charge in [-0.15, -0.1) is 16.4 Å². The first-order chi connectivity index (χ1) is 13.0. The number of nitrogens with one attached hydrogen (secondary N) is 1. The van der Waals surface area contributed by atoms with Gasteiger partial charge in [0.05, 0.1) is 17.4 Å². The number of nitrogen functional groups attached to an aromatic ring is 1. The highest BCUT2D eigenvalue weighted by Crippen LogP contribution is 2.36. The average molecular weight is 382 g/mol. The first kappa shape index (κ1) is 17.3. The van der Waals surface area contributed by atoms with Gasteiger partial charge in [-0.05, 0) is 31.5 Å². The Morgan fingerprint density at radius 2 is 1.93 bits per heavy atom. The smallest absolute Gasteiger partial charge is 0.266 e. The molecule has 138 valence electrons. The number of amides is 2. The number of nitrogens with two attached hydrogens (primary N) is 1. The summed E-state index contributed by atoms with van der Waals surface area (Å²) in [6.07, 6.45) is 3.14. The average Bonchev–Trinajstić information content (AvgIpc) is 2.98. The van der Waals surface area contributed by atoms with Crippen molar-refractivity contribution in [3.63, 3.8) is 0 Å². The zero-order chi connectivity index (χ0) is 19.1. The van der Waals surface area contributed by atoms with Gasteiger partial charge < -0.3 is 16.0 Å². The summed E-state index contributed by atoms with van der Waals surface area (Å²) in [5.74, 6) is -0.306. The summed E-state index contributed by atoms with van der Waals surface area (Å²) in [7, 11) is 0. The van der Waals surface area contributed by atoms with Crippen LogP contribution in [-0.4, -0.2) is 51.0 Å². The van der Waals surface area contributed by atoms with Gasteiger partial charge in [-0.25, -0.2) is 0 Å². The number of hydrogen-bond acceptors (Lipinski definition) is 7. The Morgan fingerprint density at radius 3 is 2.63 bits per heavy atom. The molecule has 1 fully saturated rings. The van der Waals surface area contributed by atoms with Crippen LogP contribution in [0.4, 0.5) is 5.69 Å². The van der Waals surface area contributed by atoms with Crippen molar-refractivity contribution in [2.45, 2.75) is 19.9 Å². The third-order valence-corrected chi connectivity index (χ3v) is 5.85. The maximum atomic E-state index is 12.8. The lowest BCUT2D eigenvalue weighted by Gasteiger charge is -2.39. The van der Waals surface area contributed by atoms with Crippen LogP contribution in [0, 0.1) is 13.8 Å². The quantitative estimate of drug-likeness (QED) is 0.710. The van der Waals surface area contributed by atoms with Crippen LogP contribution in [0.3, 0.4) is 0 Å². The number of nitrogens with zero attached hydrogens (tertiary/aromatic N) is 4. The predicted molar refractivity (Wildman–Crippen MR) is 103 cm³/mol. The molecule has 1 aliphatic rings. The molecular weight excluding hydrogens is 364 g/mol. The summed E-state index contributed by atoms with van der Waals surface area (Å²) < 4.78 is 0. The number of fused-ring (bicyclic) bond motifs is 1. The Bertz CT molecular complexity index is 1040. The van der Waals surface area contributed by atoms with Crippen molar-refractivity contribution in [2.24, 2.45) is 0 Å². The number of rotatable bonds is 3. The fourth-order valence-electron chi connectivity index (χ4n) is 3.05. The molecule has 3 N–H and O–H groups in total. The van der Waals surface area contributed by atoms with Crippen molar-refractivity contribution in [1.29, 1.82) is 0 Å². The molecule has 9 heteroatoms. The number of anilines is 1. The van der Waals surface area contributed by atoms with Crippen LogP contribution in [0.2, 0.25) is 0 Å². The molecule has 0 spiro atoms. The lowest BCUT2D eigenvalue weighted by Crippen LogP contribution is -2.60. The summed E-state index contributed by atoms with van der Waals surface area (Å²) in [4.78, 5) is 31.7. The lowest BCUT2D eigenvalue weighted by atomic mass is 10.1. The normalized spacial score (nSPS) is 14.2. The molecule has 0 bridgehead atoms. The van der Waals surface area contributed by atoms with Crippen LogP contribution in [-0.2, 0) is 0 Å². The fraction of sp³-hybridized carbons (Fsp3) is 0.278. The van der Waals surface area contributed by atoms with E-state index in [1.54, 1.807) is 29.4 Å². The van der Waals surface area contributed by atoms with Crippen LogP contribution in [0.25, 0.3) is 10.2 Å². The number of hydrogen-bond donors (Lipinski definition) is 2. The highest BCUT2D eigenvalue weighted by Gasteiger charge is 2.34. The van der Waals surface area contributed by atoms with E-state index in [1.165, 1.54) is 11.3 Å². The molecule has 8 nitrogen and oxygen atoms in total. The molecule has 0 aliphatic carbocycles. The van der Waals surface area contributed by atoms with Crippen LogP contribution in [0.15, 0.2) is 24.5 Å². The van der Waals surface area contributed by atoms with Crippen LogP contribution in [0.5, 0.6) is 0 Å². The van der Waals surface area contributed by atoms with Gasteiger partial charge in [0, 0.05) is 36.4 Å². The minimum atomic E-state index is -0.169. The van der Waals surface area contributed by atoms with Gasteiger partial charge in [-0.1, -0.05) is 0 Å². The van der Waals surface area contributed by atoms with E-state index in [0.29, 0.717) is 34.0 Å². The summed E-state index contributed by atoms with van der Waals surface area (Å²) in [6.45, 7) is 4.70. The maximum Gasteiger partial charge on any atom is 0.266 e. The maximum absolute atomic E-state index is 12.8. The number of likely N-dealkylation sites (tertiary alicyclic amines) is 1. The molecule has 3 aromatic heterocycles. The topological polar surface area (TPSA) is 114 Å². The number of pyridine rings is 1. The number of aryl methyl sites for hydroxylation is 2. The number of carbonyl (C=O) groups is 2. The predicted octanol–water partition coefficient (Wildman–Crippen LogP) is 1.54. The second kappa shape index (κ2) is 6.58. The first-order valence-corrected chi connectivity index (χ1v) is 9.29. The highest BCUT2D eigenvalue weighted by atomic mass is 32.1. The Balaban J connectivity index is 1.45. The lowest BCUT2D eigenvalue weighted by molar-refractivity contribution is 0.0548. The molecule has 0 radical (unpaired) electrons. The second-order valence-electron chi connectivity index (χ2n) is 6.55. The molecule has 1 aliphatic heterocycles. The van der Waals surface area contributed by atoms with E-state index in [0.717, 1.165) is 16.6 Å². The van der Waals surface area contributed by atoms with Crippen molar-refractivity contribution in [2.75, 3.05) is 18.8 Å². The summed E-state index contributed by atoms with van der Waals surface area (Å²) in [5, 5.41) is 12.0. The van der Waals surface area contributed by atoms with E-state index < -0.39 is 0 Å². The first-order valence-electron chi connectivity index (χ1n) is 8.47. The summed E-state index contributed by atoms with van der Waals surface area (Å²) >= 11 is 1.26. The minimum absolute atomic E-state index is 0.0750. The van der Waals surface area contributed by atoms with Crippen LogP contribution < -0.4 is 11.1 Å². The van der Waals surface area contributed by atoms with E-state index in [-0.39, 0.29) is 17.9 Å². The monoisotopic (exact) mass is 382 g/mol. The molecule has 0 atom stereocenters. The Morgan fingerprint density at radius 1 is 1.22 bits per heavy atom. The van der Waals surface area contributed by atoms with Gasteiger partial charge in [-0.2, -0.15) is 5.10 Å². The van der Waals surface area contributed by atoms with Crippen molar-refractivity contribution in [3.8, 4) is 0 Å². The molecule has 2 amide bonds. The standard InChI is InChI=1S/C18H18N6O2S/c1-9-10(2)22-23-17-13(9)14(19)15(27-17)18(26)24-7-12(8-24)21-16(25)11-3-5-20-6-4-11/h3-6,12H,7-8,19H2,1-2H3,(H,21,25). The van der Waals surface area contributed by atoms with E-state index in [9.17, 15) is 9.59 Å². The Kier molecular flexibility index (Phi) is 4.23. The molecule has 27 heavy (non-hydrogen) atoms. The Hall–Kier alpha value is -3.07. The minimum Gasteiger partial charge on any atom is -0.397 e. The number of thiophene rings is 1. The van der Waals surface area contributed by atoms with Gasteiger partial charge >= 0.3 is 0 Å². The molecular formula is C18H18N6O2S. The molecule has 0 aromatic carbocycles. The van der Waals surface area contributed by atoms with Crippen molar-refractivity contribution >= 4 is 39.1 Å². The van der Waals surface area contributed by atoms with Crippen LogP contribution in [0.1, 0.15) is 31.3 Å². The van der Waals surface area contributed by atoms with Crippen LogP contribution >= 0.6 is 11.3 Å². The third-order valence-electron chi connectivity index (χ3n) is 4.78. The van der Waals surface area contributed by atoms with Crippen molar-refractivity contribution in [3.05, 3.63) is 46.2 Å². The molecule has 4 rings (SSSR count). The summed E-state index contributed by atoms with van der Waals surface area (Å²) in [5.41, 5.74) is 8.99. The fourth-order valence-corrected chi connectivity index (χ4v) is 4.12. The molecule has 3 aromatic rings. The van der Waals surface area contributed by atoms with E-state index >= 15 is 0 Å². The van der Waals surface area contributed by atoms with Gasteiger partial charge in [0.15, 0.2) is 0 Å². The largest absolute Gasteiger partial charge is 0.397 e. The second-order valence-corrected chi connectivity index (χ2v) is 7.55. The van der Waals surface area contributed by atoms with Gasteiger partial charge in [-0.3, -0.25) is 14.6 Å². The molecule has 4 heterocycles.